The van der Waals surface area contributed by atoms with Crippen molar-refractivity contribution in [3.05, 3.63) is 18.2 Å². The molecular weight excluding hydrogens is 268 g/mol. The number of carbonyl (C=O) groups excluding carboxylic acids is 2. The third-order valence-electron chi connectivity index (χ3n) is 4.43. The number of imidazole rings is 1. The number of imide groups is 1. The van der Waals surface area contributed by atoms with Crippen LogP contribution in [0.4, 0.5) is 0 Å². The third-order valence-corrected chi connectivity index (χ3v) is 4.43. The number of H-pyrrole nitrogens is 1. The Bertz CT molecular complexity index is 494. The van der Waals surface area contributed by atoms with Gasteiger partial charge < -0.3 is 10.3 Å². The zero-order valence-electron chi connectivity index (χ0n) is 12.2. The second-order valence-corrected chi connectivity index (χ2v) is 5.89. The summed E-state index contributed by atoms with van der Waals surface area (Å²) in [6.45, 7) is 0.649. The molecule has 0 radical (unpaired) electrons. The highest BCUT2D eigenvalue weighted by molar-refractivity contribution is 6.05. The number of rotatable bonds is 5. The van der Waals surface area contributed by atoms with Crippen LogP contribution >= 0.6 is 0 Å². The summed E-state index contributed by atoms with van der Waals surface area (Å²) < 4.78 is 0. The fourth-order valence-electron chi connectivity index (χ4n) is 3.33. The van der Waals surface area contributed by atoms with Gasteiger partial charge in [0.05, 0.1) is 12.5 Å². The second-order valence-electron chi connectivity index (χ2n) is 5.89. The zero-order valence-corrected chi connectivity index (χ0v) is 12.2. The molecule has 2 fully saturated rings. The van der Waals surface area contributed by atoms with Crippen LogP contribution in [0.1, 0.15) is 44.3 Å². The van der Waals surface area contributed by atoms with Crippen LogP contribution in [0.25, 0.3) is 0 Å². The lowest BCUT2D eigenvalue weighted by molar-refractivity contribution is -0.142. The quantitative estimate of drug-likeness (QED) is 0.793. The average molecular weight is 290 g/mol. The molecule has 1 aromatic rings. The largest absolute Gasteiger partial charge is 0.349 e. The molecule has 0 spiro atoms. The van der Waals surface area contributed by atoms with Crippen molar-refractivity contribution in [2.24, 2.45) is 0 Å². The van der Waals surface area contributed by atoms with E-state index in [2.05, 4.69) is 15.3 Å². The molecule has 0 aromatic carbocycles. The lowest BCUT2D eigenvalue weighted by Crippen LogP contribution is -2.45. The molecule has 1 aliphatic heterocycles. The van der Waals surface area contributed by atoms with Gasteiger partial charge in [0.25, 0.3) is 0 Å². The average Bonchev–Trinajstić information content (AvgIpc) is 3.09. The smallest absolute Gasteiger partial charge is 0.247 e. The van der Waals surface area contributed by atoms with Gasteiger partial charge in [-0.05, 0) is 12.8 Å². The van der Waals surface area contributed by atoms with Crippen molar-refractivity contribution in [2.75, 3.05) is 6.54 Å². The SMILES string of the molecule is O=C1CC(NCCc2ncc[nH]2)C(=O)N1C1CCCCC1. The number of amides is 2. The van der Waals surface area contributed by atoms with E-state index in [4.69, 9.17) is 0 Å². The van der Waals surface area contributed by atoms with Crippen LogP contribution in [0.2, 0.25) is 0 Å². The molecule has 21 heavy (non-hydrogen) atoms. The van der Waals surface area contributed by atoms with Gasteiger partial charge in [0, 0.05) is 31.4 Å². The minimum Gasteiger partial charge on any atom is -0.349 e. The summed E-state index contributed by atoms with van der Waals surface area (Å²) in [6.07, 6.45) is 9.93. The summed E-state index contributed by atoms with van der Waals surface area (Å²) in [4.78, 5) is 33.3. The molecule has 1 saturated heterocycles. The van der Waals surface area contributed by atoms with E-state index < -0.39 is 0 Å². The summed E-state index contributed by atoms with van der Waals surface area (Å²) in [7, 11) is 0. The molecule has 0 bridgehead atoms. The van der Waals surface area contributed by atoms with E-state index in [0.717, 1.165) is 37.9 Å². The van der Waals surface area contributed by atoms with Gasteiger partial charge >= 0.3 is 0 Å². The Balaban J connectivity index is 1.53. The van der Waals surface area contributed by atoms with Gasteiger partial charge in [0.2, 0.25) is 11.8 Å². The number of likely N-dealkylation sites (tertiary alicyclic amines) is 1. The fourth-order valence-corrected chi connectivity index (χ4v) is 3.33. The molecule has 1 saturated carbocycles. The zero-order chi connectivity index (χ0) is 14.7. The van der Waals surface area contributed by atoms with Crippen molar-refractivity contribution < 1.29 is 9.59 Å². The van der Waals surface area contributed by atoms with Crippen LogP contribution in [0.3, 0.4) is 0 Å². The fraction of sp³-hybridized carbons (Fsp3) is 0.667. The van der Waals surface area contributed by atoms with Crippen molar-refractivity contribution >= 4 is 11.8 Å². The Hall–Kier alpha value is -1.69. The van der Waals surface area contributed by atoms with E-state index in [1.54, 1.807) is 12.4 Å². The molecular formula is C15H22N4O2. The van der Waals surface area contributed by atoms with Crippen LogP contribution in [0, 0.1) is 0 Å². The predicted molar refractivity (Wildman–Crippen MR) is 77.4 cm³/mol. The van der Waals surface area contributed by atoms with E-state index in [9.17, 15) is 9.59 Å². The Morgan fingerprint density at radius 2 is 2.10 bits per heavy atom. The monoisotopic (exact) mass is 290 g/mol. The van der Waals surface area contributed by atoms with Gasteiger partial charge in [-0.2, -0.15) is 0 Å². The van der Waals surface area contributed by atoms with Crippen LogP contribution in [0.5, 0.6) is 0 Å². The summed E-state index contributed by atoms with van der Waals surface area (Å²) in [5, 5.41) is 3.20. The van der Waals surface area contributed by atoms with Crippen LogP contribution < -0.4 is 5.32 Å². The maximum absolute atomic E-state index is 12.4. The highest BCUT2D eigenvalue weighted by atomic mass is 16.2. The first kappa shape index (κ1) is 14.3. The van der Waals surface area contributed by atoms with Gasteiger partial charge in [0.15, 0.2) is 0 Å². The summed E-state index contributed by atoms with van der Waals surface area (Å²) in [5.74, 6) is 0.845. The van der Waals surface area contributed by atoms with Gasteiger partial charge in [-0.25, -0.2) is 4.98 Å². The van der Waals surface area contributed by atoms with Gasteiger partial charge in [-0.1, -0.05) is 19.3 Å². The molecule has 3 rings (SSSR count). The molecule has 2 amide bonds. The first-order valence-corrected chi connectivity index (χ1v) is 7.83. The normalized spacial score (nSPS) is 24.0. The van der Waals surface area contributed by atoms with Crippen LogP contribution in [0.15, 0.2) is 12.4 Å². The minimum absolute atomic E-state index is 0.0117. The molecule has 2 N–H and O–H groups in total. The number of aromatic nitrogens is 2. The van der Waals surface area contributed by atoms with Gasteiger partial charge in [-0.15, -0.1) is 0 Å². The highest BCUT2D eigenvalue weighted by Gasteiger charge is 2.42. The van der Waals surface area contributed by atoms with Crippen molar-refractivity contribution in [1.29, 1.82) is 0 Å². The number of nitrogens with zero attached hydrogens (tertiary/aromatic N) is 2. The van der Waals surface area contributed by atoms with Crippen molar-refractivity contribution in [1.82, 2.24) is 20.2 Å². The van der Waals surface area contributed by atoms with Crippen molar-refractivity contribution in [2.45, 2.75) is 57.0 Å². The molecule has 1 aliphatic carbocycles. The Morgan fingerprint density at radius 1 is 1.29 bits per heavy atom. The molecule has 1 unspecified atom stereocenters. The molecule has 1 aromatic heterocycles. The first-order valence-electron chi connectivity index (χ1n) is 7.83. The van der Waals surface area contributed by atoms with Gasteiger partial charge in [0.1, 0.15) is 5.82 Å². The summed E-state index contributed by atoms with van der Waals surface area (Å²) >= 11 is 0. The standard InChI is InChI=1S/C15H22N4O2/c20-14-10-12(16-7-6-13-17-8-9-18-13)15(21)19(14)11-4-2-1-3-5-11/h8-9,11-12,16H,1-7,10H2,(H,17,18). The van der Waals surface area contributed by atoms with Crippen molar-refractivity contribution in [3.63, 3.8) is 0 Å². The van der Waals surface area contributed by atoms with Crippen LogP contribution in [-0.4, -0.2) is 45.3 Å². The van der Waals surface area contributed by atoms with Crippen LogP contribution in [-0.2, 0) is 16.0 Å². The van der Waals surface area contributed by atoms with E-state index in [-0.39, 0.29) is 23.9 Å². The van der Waals surface area contributed by atoms with E-state index in [1.807, 2.05) is 0 Å². The minimum atomic E-state index is -0.352. The topological polar surface area (TPSA) is 78.1 Å². The number of carbonyl (C=O) groups is 2. The molecule has 6 nitrogen and oxygen atoms in total. The highest BCUT2D eigenvalue weighted by Crippen LogP contribution is 2.27. The van der Waals surface area contributed by atoms with E-state index >= 15 is 0 Å². The first-order chi connectivity index (χ1) is 10.3. The number of nitrogens with one attached hydrogen (secondary N) is 2. The van der Waals surface area contributed by atoms with Gasteiger partial charge in [-0.3, -0.25) is 14.5 Å². The number of hydrogen-bond acceptors (Lipinski definition) is 4. The predicted octanol–water partition coefficient (Wildman–Crippen LogP) is 1.00. The van der Waals surface area contributed by atoms with E-state index in [0.29, 0.717) is 13.0 Å². The lowest BCUT2D eigenvalue weighted by Gasteiger charge is -2.29. The lowest BCUT2D eigenvalue weighted by atomic mass is 9.94. The number of aromatic amines is 1. The number of hydrogen-bond donors (Lipinski definition) is 2. The van der Waals surface area contributed by atoms with Crippen molar-refractivity contribution in [3.8, 4) is 0 Å². The summed E-state index contributed by atoms with van der Waals surface area (Å²) in [5.41, 5.74) is 0. The Labute approximate surface area is 124 Å². The van der Waals surface area contributed by atoms with E-state index in [1.165, 1.54) is 11.3 Å². The maximum atomic E-state index is 12.4. The molecule has 2 heterocycles. The maximum Gasteiger partial charge on any atom is 0.247 e. The Kier molecular flexibility index (Phi) is 4.34. The molecule has 114 valence electrons. The molecule has 1 atom stereocenters. The third kappa shape index (κ3) is 3.15. The summed E-state index contributed by atoms with van der Waals surface area (Å²) in [6, 6.07) is -0.218. The Morgan fingerprint density at radius 3 is 2.81 bits per heavy atom. The second kappa shape index (κ2) is 6.39. The molecule has 2 aliphatic rings. The molecule has 6 heteroatoms.